The molecule has 1 heterocycles. The Kier molecular flexibility index (Phi) is 5.59. The second-order valence-electron chi connectivity index (χ2n) is 4.96. The molecule has 0 amide bonds. The molecule has 0 aromatic carbocycles. The fraction of sp³-hybridized carbons (Fsp3) is 0.917. The summed E-state index contributed by atoms with van der Waals surface area (Å²) in [6.45, 7) is 3.24. The summed E-state index contributed by atoms with van der Waals surface area (Å²) < 4.78 is 24.4. The summed E-state index contributed by atoms with van der Waals surface area (Å²) >= 11 is 0. The van der Waals surface area contributed by atoms with Crippen molar-refractivity contribution in [3.63, 3.8) is 0 Å². The fourth-order valence-electron chi connectivity index (χ4n) is 2.33. The smallest absolute Gasteiger partial charge is 0.211 e. The molecule has 1 unspecified atom stereocenters. The van der Waals surface area contributed by atoms with Gasteiger partial charge in [0, 0.05) is 25.9 Å². The molecule has 1 aliphatic heterocycles. The number of sulfonamides is 1. The largest absolute Gasteiger partial charge is 0.300 e. The third-order valence-electron chi connectivity index (χ3n) is 3.31. The predicted molar refractivity (Wildman–Crippen MR) is 68.3 cm³/mol. The lowest BCUT2D eigenvalue weighted by atomic mass is 9.93. The second kappa shape index (κ2) is 6.50. The average molecular weight is 261 g/mol. The maximum atomic E-state index is 11.4. The van der Waals surface area contributed by atoms with Gasteiger partial charge in [-0.25, -0.2) is 12.7 Å². The van der Waals surface area contributed by atoms with Gasteiger partial charge in [-0.15, -0.1) is 0 Å². The molecular formula is C12H23NO3S. The van der Waals surface area contributed by atoms with Crippen molar-refractivity contribution in [2.24, 2.45) is 5.92 Å². The molecule has 1 aliphatic rings. The van der Waals surface area contributed by atoms with Gasteiger partial charge in [-0.3, -0.25) is 4.79 Å². The summed E-state index contributed by atoms with van der Waals surface area (Å²) in [5, 5.41) is 0. The lowest BCUT2D eigenvalue weighted by Gasteiger charge is -2.30. The van der Waals surface area contributed by atoms with Crippen LogP contribution in [0.2, 0.25) is 0 Å². The van der Waals surface area contributed by atoms with Gasteiger partial charge < -0.3 is 0 Å². The minimum atomic E-state index is -3.06. The van der Waals surface area contributed by atoms with E-state index < -0.39 is 10.0 Å². The molecule has 1 fully saturated rings. The summed E-state index contributed by atoms with van der Waals surface area (Å²) in [4.78, 5) is 11.4. The van der Waals surface area contributed by atoms with E-state index in [1.54, 1.807) is 4.31 Å². The van der Waals surface area contributed by atoms with Crippen LogP contribution >= 0.6 is 0 Å². The van der Waals surface area contributed by atoms with Gasteiger partial charge in [-0.1, -0.05) is 6.92 Å². The van der Waals surface area contributed by atoms with Crippen molar-refractivity contribution in [1.29, 1.82) is 0 Å². The third kappa shape index (κ3) is 5.17. The molecule has 100 valence electrons. The summed E-state index contributed by atoms with van der Waals surface area (Å²) in [6.07, 6.45) is 6.23. The zero-order chi connectivity index (χ0) is 12.9. The normalized spacial score (nSPS) is 22.6. The highest BCUT2D eigenvalue weighted by Crippen LogP contribution is 2.22. The summed E-state index contributed by atoms with van der Waals surface area (Å²) in [5.74, 6) is 0.670. The third-order valence-corrected chi connectivity index (χ3v) is 4.58. The SMILES string of the molecule is CCCC(=O)CCC1CCCN(S(C)(=O)=O)C1. The molecule has 0 N–H and O–H groups in total. The van der Waals surface area contributed by atoms with Crippen molar-refractivity contribution >= 4 is 15.8 Å². The van der Waals surface area contributed by atoms with Crippen LogP contribution in [0.15, 0.2) is 0 Å². The molecule has 0 bridgehead atoms. The lowest BCUT2D eigenvalue weighted by Crippen LogP contribution is -2.39. The van der Waals surface area contributed by atoms with Crippen molar-refractivity contribution < 1.29 is 13.2 Å². The van der Waals surface area contributed by atoms with E-state index in [2.05, 4.69) is 0 Å². The van der Waals surface area contributed by atoms with Crippen LogP contribution in [0.3, 0.4) is 0 Å². The Balaban J connectivity index is 2.38. The number of Topliss-reactive ketones (excluding diaryl/α,β-unsaturated/α-hetero) is 1. The monoisotopic (exact) mass is 261 g/mol. The van der Waals surface area contributed by atoms with Gasteiger partial charge in [0.2, 0.25) is 10.0 Å². The van der Waals surface area contributed by atoms with Crippen molar-refractivity contribution in [2.45, 2.75) is 45.4 Å². The first-order valence-corrected chi connectivity index (χ1v) is 8.25. The first kappa shape index (κ1) is 14.6. The maximum absolute atomic E-state index is 11.4. The van der Waals surface area contributed by atoms with Gasteiger partial charge in [-0.05, 0) is 31.6 Å². The molecule has 0 aliphatic carbocycles. The second-order valence-corrected chi connectivity index (χ2v) is 6.94. The van der Waals surface area contributed by atoms with E-state index >= 15 is 0 Å². The first-order valence-electron chi connectivity index (χ1n) is 6.40. The topological polar surface area (TPSA) is 54.5 Å². The van der Waals surface area contributed by atoms with Crippen LogP contribution in [0.5, 0.6) is 0 Å². The van der Waals surface area contributed by atoms with Crippen LogP contribution in [0, 0.1) is 5.92 Å². The summed E-state index contributed by atoms with van der Waals surface area (Å²) in [5.41, 5.74) is 0. The molecule has 0 saturated carbocycles. The van der Waals surface area contributed by atoms with Crippen LogP contribution in [0.1, 0.15) is 45.4 Å². The number of nitrogens with zero attached hydrogens (tertiary/aromatic N) is 1. The van der Waals surface area contributed by atoms with Crippen LogP contribution < -0.4 is 0 Å². The summed E-state index contributed by atoms with van der Waals surface area (Å²) in [7, 11) is -3.06. The number of hydrogen-bond donors (Lipinski definition) is 0. The Labute approximate surface area is 104 Å². The van der Waals surface area contributed by atoms with E-state index in [1.807, 2.05) is 6.92 Å². The lowest BCUT2D eigenvalue weighted by molar-refractivity contribution is -0.119. The molecule has 1 rings (SSSR count). The van der Waals surface area contributed by atoms with Crippen molar-refractivity contribution in [2.75, 3.05) is 19.3 Å². The van der Waals surface area contributed by atoms with Crippen LogP contribution in [-0.2, 0) is 14.8 Å². The highest BCUT2D eigenvalue weighted by Gasteiger charge is 2.25. The number of piperidine rings is 1. The van der Waals surface area contributed by atoms with Crippen molar-refractivity contribution in [3.8, 4) is 0 Å². The Morgan fingerprint density at radius 1 is 1.35 bits per heavy atom. The van der Waals surface area contributed by atoms with E-state index in [9.17, 15) is 13.2 Å². The maximum Gasteiger partial charge on any atom is 0.211 e. The fourth-order valence-corrected chi connectivity index (χ4v) is 3.28. The van der Waals surface area contributed by atoms with Gasteiger partial charge in [0.1, 0.15) is 5.78 Å². The molecule has 1 saturated heterocycles. The minimum Gasteiger partial charge on any atom is -0.300 e. The highest BCUT2D eigenvalue weighted by atomic mass is 32.2. The standard InChI is InChI=1S/C12H23NO3S/c1-3-5-12(14)8-7-11-6-4-9-13(10-11)17(2,15)16/h11H,3-10H2,1-2H3. The van der Waals surface area contributed by atoms with E-state index in [4.69, 9.17) is 0 Å². The van der Waals surface area contributed by atoms with Gasteiger partial charge in [-0.2, -0.15) is 0 Å². The van der Waals surface area contributed by atoms with Gasteiger partial charge >= 0.3 is 0 Å². The molecule has 0 aromatic rings. The van der Waals surface area contributed by atoms with Crippen LogP contribution in [-0.4, -0.2) is 37.9 Å². The van der Waals surface area contributed by atoms with E-state index in [0.717, 1.165) is 25.7 Å². The molecule has 17 heavy (non-hydrogen) atoms. The zero-order valence-electron chi connectivity index (χ0n) is 10.8. The van der Waals surface area contributed by atoms with Gasteiger partial charge in [0.15, 0.2) is 0 Å². The number of rotatable bonds is 6. The average Bonchev–Trinajstić information content (AvgIpc) is 2.26. The molecule has 1 atom stereocenters. The Morgan fingerprint density at radius 3 is 2.65 bits per heavy atom. The zero-order valence-corrected chi connectivity index (χ0v) is 11.6. The van der Waals surface area contributed by atoms with Gasteiger partial charge in [0.25, 0.3) is 0 Å². The number of ketones is 1. The van der Waals surface area contributed by atoms with Gasteiger partial charge in [0.05, 0.1) is 6.26 Å². The Hall–Kier alpha value is -0.420. The van der Waals surface area contributed by atoms with E-state index in [-0.39, 0.29) is 0 Å². The van der Waals surface area contributed by atoms with E-state index in [1.165, 1.54) is 6.26 Å². The first-order chi connectivity index (χ1) is 7.93. The minimum absolute atomic E-state index is 0.309. The molecule has 0 aromatic heterocycles. The quantitative estimate of drug-likeness (QED) is 0.732. The van der Waals surface area contributed by atoms with Crippen LogP contribution in [0.4, 0.5) is 0 Å². The molecule has 0 spiro atoms. The number of carbonyl (C=O) groups is 1. The van der Waals surface area contributed by atoms with Crippen molar-refractivity contribution in [3.05, 3.63) is 0 Å². The van der Waals surface area contributed by atoms with Crippen molar-refractivity contribution in [1.82, 2.24) is 4.31 Å². The predicted octanol–water partition coefficient (Wildman–Crippen LogP) is 1.81. The molecular weight excluding hydrogens is 238 g/mol. The Bertz CT molecular complexity index is 351. The molecule has 4 nitrogen and oxygen atoms in total. The number of hydrogen-bond acceptors (Lipinski definition) is 3. The summed E-state index contributed by atoms with van der Waals surface area (Å²) in [6, 6.07) is 0. The molecule has 5 heteroatoms. The van der Waals surface area contributed by atoms with E-state index in [0.29, 0.717) is 37.6 Å². The van der Waals surface area contributed by atoms with Crippen LogP contribution in [0.25, 0.3) is 0 Å². The Morgan fingerprint density at radius 2 is 2.06 bits per heavy atom. The highest BCUT2D eigenvalue weighted by molar-refractivity contribution is 7.88. The molecule has 0 radical (unpaired) electrons. The number of carbonyl (C=O) groups excluding carboxylic acids is 1.